The zero-order valence-corrected chi connectivity index (χ0v) is 46.6. The molecule has 8 nitrogen and oxygen atoms in total. The van der Waals surface area contributed by atoms with E-state index in [1.165, 1.54) is 14.7 Å². The molecule has 6 rings (SSSR count). The number of hydrogen-bond donors (Lipinski definition) is 0. The number of alkyl halides is 2. The molecule has 67 heavy (non-hydrogen) atoms. The van der Waals surface area contributed by atoms with E-state index in [0.717, 1.165) is 32.7 Å². The Balaban J connectivity index is 0.000000431. The van der Waals surface area contributed by atoms with Gasteiger partial charge in [-0.25, -0.2) is 0 Å². The van der Waals surface area contributed by atoms with E-state index in [4.69, 9.17) is 4.74 Å². The molecule has 0 fully saturated rings. The van der Waals surface area contributed by atoms with Crippen molar-refractivity contribution in [1.29, 1.82) is 0 Å². The summed E-state index contributed by atoms with van der Waals surface area (Å²) in [7, 11) is 0. The zero-order valence-electron chi connectivity index (χ0n) is 38.2. The summed E-state index contributed by atoms with van der Waals surface area (Å²) in [6.07, 6.45) is 8.20. The number of ketones is 4. The van der Waals surface area contributed by atoms with Gasteiger partial charge in [0, 0.05) is 54.2 Å². The molecule has 0 aromatic heterocycles. The first kappa shape index (κ1) is 61.3. The van der Waals surface area contributed by atoms with Crippen molar-refractivity contribution in [1.82, 2.24) is 0 Å². The molecule has 0 aliphatic rings. The molecule has 0 bridgehead atoms. The van der Waals surface area contributed by atoms with Gasteiger partial charge in [-0.15, -0.1) is 47.0 Å². The molecule has 0 radical (unpaired) electrons. The Morgan fingerprint density at radius 2 is 0.746 bits per heavy atom. The maximum absolute atomic E-state index is 11.9. The first-order valence-electron chi connectivity index (χ1n) is 20.0. The van der Waals surface area contributed by atoms with Crippen LogP contribution in [0.4, 0.5) is 0 Å². The molecule has 0 saturated carbocycles. The van der Waals surface area contributed by atoms with Gasteiger partial charge in [0.15, 0.2) is 29.7 Å². The molecule has 0 saturated heterocycles. The van der Waals surface area contributed by atoms with Gasteiger partial charge in [0.1, 0.15) is 0 Å². The van der Waals surface area contributed by atoms with Crippen LogP contribution in [0.15, 0.2) is 177 Å². The van der Waals surface area contributed by atoms with Gasteiger partial charge in [-0.3, -0.25) is 24.0 Å². The van der Waals surface area contributed by atoms with Crippen LogP contribution in [0.2, 0.25) is 0 Å². The number of halogens is 2. The Morgan fingerprint density at radius 1 is 0.448 bits per heavy atom. The van der Waals surface area contributed by atoms with E-state index >= 15 is 0 Å². The molecule has 0 amide bonds. The van der Waals surface area contributed by atoms with Gasteiger partial charge in [-0.2, -0.15) is 0 Å². The van der Waals surface area contributed by atoms with E-state index in [0.29, 0.717) is 16.2 Å². The largest absolute Gasteiger partial charge is 1.00 e. The second-order valence-electron chi connectivity index (χ2n) is 13.4. The van der Waals surface area contributed by atoms with Gasteiger partial charge < -0.3 is 14.6 Å². The molecular weight excluding hydrogens is 1060 g/mol. The summed E-state index contributed by atoms with van der Waals surface area (Å²) in [6, 6.07) is 48.4. The van der Waals surface area contributed by atoms with Crippen LogP contribution in [0.3, 0.4) is 0 Å². The Kier molecular flexibility index (Phi) is 33.2. The monoisotopic (exact) mass is 1110 g/mol. The summed E-state index contributed by atoms with van der Waals surface area (Å²) in [5.41, 5.74) is 4.53. The fourth-order valence-corrected chi connectivity index (χ4v) is 7.40. The van der Waals surface area contributed by atoms with Gasteiger partial charge in [-0.05, 0) is 91.6 Å². The van der Waals surface area contributed by atoms with E-state index < -0.39 is 11.9 Å². The van der Waals surface area contributed by atoms with Crippen molar-refractivity contribution in [3.05, 3.63) is 191 Å². The average molecular weight is 1120 g/mol. The number of thioether (sulfide) groups is 4. The summed E-state index contributed by atoms with van der Waals surface area (Å²) in [5.74, 6) is -1.24. The predicted molar refractivity (Wildman–Crippen MR) is 280 cm³/mol. The number of ether oxygens (including phenoxy) is 1. The predicted octanol–water partition coefficient (Wildman–Crippen LogP) is 8.94. The molecule has 0 aliphatic heterocycles. The van der Waals surface area contributed by atoms with Crippen molar-refractivity contribution < 1.29 is 68.2 Å². The minimum atomic E-state index is -1.04. The second-order valence-corrected chi connectivity index (χ2v) is 18.0. The smallest absolute Gasteiger partial charge is 0.550 e. The van der Waals surface area contributed by atoms with Gasteiger partial charge in [0.05, 0.1) is 17.1 Å². The Hall–Kier alpha value is -3.70. The van der Waals surface area contributed by atoms with Gasteiger partial charge in [0.2, 0.25) is 0 Å². The number of carbonyl (C=O) groups excluding carboxylic acids is 6. The van der Waals surface area contributed by atoms with Crippen LogP contribution < -0.4 is 34.7 Å². The first-order valence-corrected chi connectivity index (χ1v) is 27.1. The first-order chi connectivity index (χ1) is 31.8. The Morgan fingerprint density at radius 3 is 1.03 bits per heavy atom. The number of hydrogen-bond acceptors (Lipinski definition) is 12. The molecule has 6 aromatic carbocycles. The van der Waals surface area contributed by atoms with Crippen molar-refractivity contribution in [2.24, 2.45) is 0 Å². The van der Waals surface area contributed by atoms with E-state index in [2.05, 4.69) is 31.9 Å². The standard InChI is InChI=1S/C17H16O3S.2C9H9BrOS.C9H10OS.C8H8O2.Na/c1-21-15-9-7-14(8-10-15)16(18)12-20-17(19)11-13-5-3-2-4-6-13;2*1-12-8-4-2-7(3-5-8)9(11)6-10;1-7(10)8-3-5-9(11-2)6-4-8;9-8(10)6-7-4-2-1-3-5-7;/h2-10H,11-12H2,1H3;2*2-5H,6H2,1H3;3-6H,1-2H3;1-5H,6H2,(H,9,10);/q;;;;;+1/p-1. The van der Waals surface area contributed by atoms with Crippen LogP contribution >= 0.6 is 78.9 Å². The van der Waals surface area contributed by atoms with Gasteiger partial charge in [0.25, 0.3) is 0 Å². The number of esters is 1. The molecule has 0 atom stereocenters. The summed E-state index contributed by atoms with van der Waals surface area (Å²) in [6.45, 7) is 1.36. The summed E-state index contributed by atoms with van der Waals surface area (Å²) < 4.78 is 5.03. The minimum absolute atomic E-state index is 0. The van der Waals surface area contributed by atoms with Crippen LogP contribution in [-0.2, 0) is 27.2 Å². The zero-order chi connectivity index (χ0) is 48.7. The maximum Gasteiger partial charge on any atom is 1.00 e. The number of benzene rings is 6. The van der Waals surface area contributed by atoms with Crippen LogP contribution in [-0.4, -0.2) is 77.4 Å². The molecular formula is C52H51Br2NaO8S4. The van der Waals surface area contributed by atoms with E-state index in [1.807, 2.05) is 146 Å². The average Bonchev–Trinajstić information content (AvgIpc) is 3.36. The quantitative estimate of drug-likeness (QED) is 0.0301. The summed E-state index contributed by atoms with van der Waals surface area (Å²) >= 11 is 12.9. The van der Waals surface area contributed by atoms with Crippen molar-refractivity contribution in [3.63, 3.8) is 0 Å². The minimum Gasteiger partial charge on any atom is -0.550 e. The molecule has 0 spiro atoms. The molecule has 346 valence electrons. The second kappa shape index (κ2) is 36.3. The molecule has 0 aliphatic carbocycles. The third-order valence-electron chi connectivity index (χ3n) is 8.72. The summed E-state index contributed by atoms with van der Waals surface area (Å²) in [5, 5.41) is 10.8. The van der Waals surface area contributed by atoms with Gasteiger partial charge in [-0.1, -0.05) is 141 Å². The number of carbonyl (C=O) groups is 6. The topological polar surface area (TPSA) is 135 Å². The normalized spacial score (nSPS) is 9.66. The van der Waals surface area contributed by atoms with Crippen LogP contribution in [0.1, 0.15) is 59.5 Å². The number of carboxylic acid groups (broad SMARTS) is 1. The number of Topliss-reactive ketones (excluding diaryl/α,β-unsaturated/α-hetero) is 4. The fourth-order valence-electron chi connectivity index (χ4n) is 5.12. The summed E-state index contributed by atoms with van der Waals surface area (Å²) in [4.78, 5) is 71.4. The molecule has 6 aromatic rings. The molecule has 0 N–H and O–H groups in total. The van der Waals surface area contributed by atoms with E-state index in [-0.39, 0.29) is 72.1 Å². The third-order valence-corrected chi connectivity index (χ3v) is 12.7. The third kappa shape index (κ3) is 26.0. The number of carboxylic acids is 1. The fraction of sp³-hybridized carbons (Fsp3) is 0.192. The van der Waals surface area contributed by atoms with Crippen LogP contribution in [0.5, 0.6) is 0 Å². The van der Waals surface area contributed by atoms with Crippen molar-refractivity contribution in [2.75, 3.05) is 42.3 Å². The maximum atomic E-state index is 11.9. The number of rotatable bonds is 16. The van der Waals surface area contributed by atoms with E-state index in [1.54, 1.807) is 90.4 Å². The SMILES string of the molecule is CSc1ccc(C(=O)CBr)cc1.CSc1ccc(C(=O)CBr)cc1.CSc1ccc(C(=O)COC(=O)Cc2ccccc2)cc1.CSc1ccc(C(C)=O)cc1.O=C([O-])Cc1ccccc1.[Na+]. The van der Waals surface area contributed by atoms with Crippen molar-refractivity contribution in [3.8, 4) is 0 Å². The van der Waals surface area contributed by atoms with Gasteiger partial charge >= 0.3 is 35.5 Å². The molecule has 0 unspecified atom stereocenters. The van der Waals surface area contributed by atoms with Crippen LogP contribution in [0.25, 0.3) is 0 Å². The number of aliphatic carboxylic acids is 1. The van der Waals surface area contributed by atoms with Crippen molar-refractivity contribution >= 4 is 114 Å². The molecule has 15 heteroatoms. The Labute approximate surface area is 450 Å². The Bertz CT molecular complexity index is 2330. The molecule has 0 heterocycles. The van der Waals surface area contributed by atoms with Crippen LogP contribution in [0, 0.1) is 0 Å². The van der Waals surface area contributed by atoms with E-state index in [9.17, 15) is 33.9 Å². The van der Waals surface area contributed by atoms with Crippen molar-refractivity contribution in [2.45, 2.75) is 39.3 Å².